The number of sulfone groups is 1. The van der Waals surface area contributed by atoms with E-state index in [1.807, 2.05) is 6.92 Å². The summed E-state index contributed by atoms with van der Waals surface area (Å²) in [6, 6.07) is 13.5. The summed E-state index contributed by atoms with van der Waals surface area (Å²) in [5.41, 5.74) is 1.95. The van der Waals surface area contributed by atoms with Crippen molar-refractivity contribution in [2.24, 2.45) is 0 Å². The molecule has 1 unspecified atom stereocenters. The van der Waals surface area contributed by atoms with Crippen LogP contribution in [0.2, 0.25) is 0 Å². The fourth-order valence-corrected chi connectivity index (χ4v) is 7.49. The van der Waals surface area contributed by atoms with Crippen molar-refractivity contribution in [2.45, 2.75) is 54.8 Å². The zero-order valence-electron chi connectivity index (χ0n) is 22.4. The molecule has 4 rings (SSSR count). The van der Waals surface area contributed by atoms with E-state index in [1.54, 1.807) is 48.5 Å². The van der Waals surface area contributed by atoms with E-state index >= 15 is 0 Å². The van der Waals surface area contributed by atoms with Crippen molar-refractivity contribution in [1.29, 1.82) is 0 Å². The van der Waals surface area contributed by atoms with Gasteiger partial charge in [-0.2, -0.15) is 4.31 Å². The van der Waals surface area contributed by atoms with E-state index < -0.39 is 19.9 Å². The number of nitrogens with zero attached hydrogens (tertiary/aromatic N) is 3. The Balaban J connectivity index is 1.69. The fourth-order valence-electron chi connectivity index (χ4n) is 4.54. The molecule has 0 spiro atoms. The molecule has 0 radical (unpaired) electrons. The molecule has 1 aliphatic rings. The monoisotopic (exact) mass is 577 g/mol. The SMILES string of the molecule is COCCn1c(CN(CC2CCCO2)S(=O)(=O)c2ccc(C)cc2)cnc1S(=O)(=O)Cc1cccc(OC)c1. The summed E-state index contributed by atoms with van der Waals surface area (Å²) < 4.78 is 73.6. The molecule has 1 fully saturated rings. The standard InChI is InChI=1S/C27H35N3O7S2/c1-21-9-11-26(12-10-21)39(33,34)29(19-25-8-5-14-37-25)18-23-17-28-27(30(23)13-15-35-2)38(31,32)20-22-6-4-7-24(16-22)36-3/h4,6-7,9-12,16-17,25H,5,8,13-15,18-20H2,1-3H3. The molecule has 2 aromatic carbocycles. The van der Waals surface area contributed by atoms with Crippen LogP contribution >= 0.6 is 0 Å². The Hall–Kier alpha value is -2.77. The first-order valence-corrected chi connectivity index (χ1v) is 15.8. The van der Waals surface area contributed by atoms with Crippen molar-refractivity contribution in [1.82, 2.24) is 13.9 Å². The van der Waals surface area contributed by atoms with Crippen LogP contribution in [0.5, 0.6) is 5.75 Å². The van der Waals surface area contributed by atoms with E-state index in [9.17, 15) is 16.8 Å². The zero-order valence-corrected chi connectivity index (χ0v) is 24.1. The Bertz CT molecular complexity index is 1460. The molecule has 0 bridgehead atoms. The third kappa shape index (κ3) is 7.06. The Morgan fingerprint density at radius 3 is 2.54 bits per heavy atom. The molecular formula is C27H35N3O7S2. The molecule has 0 saturated carbocycles. The lowest BCUT2D eigenvalue weighted by Crippen LogP contribution is -2.37. The van der Waals surface area contributed by atoms with Crippen molar-refractivity contribution in [2.75, 3.05) is 34.0 Å². The number of hydrogen-bond acceptors (Lipinski definition) is 8. The summed E-state index contributed by atoms with van der Waals surface area (Å²) in [6.07, 6.45) is 2.81. The topological polar surface area (TPSA) is 117 Å². The normalized spacial score (nSPS) is 16.2. The highest BCUT2D eigenvalue weighted by molar-refractivity contribution is 7.90. The van der Waals surface area contributed by atoms with Crippen LogP contribution in [0, 0.1) is 6.92 Å². The van der Waals surface area contributed by atoms with E-state index in [0.29, 0.717) is 23.6 Å². The Morgan fingerprint density at radius 2 is 1.87 bits per heavy atom. The first-order valence-electron chi connectivity index (χ1n) is 12.7. The molecule has 39 heavy (non-hydrogen) atoms. The predicted octanol–water partition coefficient (Wildman–Crippen LogP) is 3.19. The second-order valence-electron chi connectivity index (χ2n) is 9.53. The molecule has 12 heteroatoms. The van der Waals surface area contributed by atoms with Crippen LogP contribution in [0.1, 0.15) is 29.7 Å². The molecule has 2 heterocycles. The molecule has 1 aromatic heterocycles. The fraction of sp³-hybridized carbons (Fsp3) is 0.444. The quantitative estimate of drug-likeness (QED) is 0.304. The molecule has 0 N–H and O–H groups in total. The molecule has 10 nitrogen and oxygen atoms in total. The van der Waals surface area contributed by atoms with Gasteiger partial charge in [-0.1, -0.05) is 29.8 Å². The average molecular weight is 578 g/mol. The van der Waals surface area contributed by atoms with Gasteiger partial charge in [0.15, 0.2) is 0 Å². The summed E-state index contributed by atoms with van der Waals surface area (Å²) in [5, 5.41) is -0.137. The molecule has 1 atom stereocenters. The van der Waals surface area contributed by atoms with Crippen molar-refractivity contribution in [3.05, 3.63) is 71.5 Å². The number of sulfonamides is 1. The van der Waals surface area contributed by atoms with E-state index in [1.165, 1.54) is 29.3 Å². The van der Waals surface area contributed by atoms with Crippen LogP contribution in [-0.2, 0) is 48.2 Å². The van der Waals surface area contributed by atoms with Crippen molar-refractivity contribution < 1.29 is 31.0 Å². The smallest absolute Gasteiger partial charge is 0.243 e. The van der Waals surface area contributed by atoms with Crippen LogP contribution < -0.4 is 4.74 Å². The maximum Gasteiger partial charge on any atom is 0.243 e. The van der Waals surface area contributed by atoms with E-state index in [-0.39, 0.29) is 48.1 Å². The molecule has 0 aliphatic carbocycles. The van der Waals surface area contributed by atoms with Gasteiger partial charge in [-0.15, -0.1) is 0 Å². The molecule has 212 valence electrons. The van der Waals surface area contributed by atoms with E-state index in [2.05, 4.69) is 4.98 Å². The summed E-state index contributed by atoms with van der Waals surface area (Å²) in [5.74, 6) is 0.270. The minimum absolute atomic E-state index is 0.0680. The van der Waals surface area contributed by atoms with E-state index in [4.69, 9.17) is 14.2 Å². The summed E-state index contributed by atoms with van der Waals surface area (Å²) in [4.78, 5) is 4.43. The minimum atomic E-state index is -3.91. The molecule has 0 amide bonds. The Labute approximate surface area is 230 Å². The van der Waals surface area contributed by atoms with Crippen LogP contribution in [0.3, 0.4) is 0 Å². The maximum absolute atomic E-state index is 13.8. The average Bonchev–Trinajstić information content (AvgIpc) is 3.57. The lowest BCUT2D eigenvalue weighted by molar-refractivity contribution is 0.0920. The zero-order chi connectivity index (χ0) is 28.0. The number of aryl methyl sites for hydroxylation is 1. The van der Waals surface area contributed by atoms with E-state index in [0.717, 1.165) is 18.4 Å². The van der Waals surface area contributed by atoms with Gasteiger partial charge >= 0.3 is 0 Å². The highest BCUT2D eigenvalue weighted by Crippen LogP contribution is 2.25. The summed E-state index contributed by atoms with van der Waals surface area (Å²) >= 11 is 0. The second-order valence-corrected chi connectivity index (χ2v) is 13.4. The van der Waals surface area contributed by atoms with Crippen molar-refractivity contribution in [3.63, 3.8) is 0 Å². The van der Waals surface area contributed by atoms with Crippen molar-refractivity contribution >= 4 is 19.9 Å². The maximum atomic E-state index is 13.8. The lowest BCUT2D eigenvalue weighted by atomic mass is 10.2. The van der Waals surface area contributed by atoms with Gasteiger partial charge < -0.3 is 18.8 Å². The Kier molecular flexibility index (Phi) is 9.44. The molecule has 1 saturated heterocycles. The lowest BCUT2D eigenvalue weighted by Gasteiger charge is -2.25. The van der Waals surface area contributed by atoms with Gasteiger partial charge in [0.2, 0.25) is 25.0 Å². The first-order chi connectivity index (χ1) is 18.6. The molecular weight excluding hydrogens is 542 g/mol. The molecule has 3 aromatic rings. The summed E-state index contributed by atoms with van der Waals surface area (Å²) in [6.45, 7) is 2.97. The van der Waals surface area contributed by atoms with Crippen LogP contribution in [0.25, 0.3) is 0 Å². The van der Waals surface area contributed by atoms with Gasteiger partial charge in [0.1, 0.15) is 5.75 Å². The number of aromatic nitrogens is 2. The molecule has 1 aliphatic heterocycles. The van der Waals surface area contributed by atoms with Gasteiger partial charge in [0.05, 0.1) is 48.9 Å². The van der Waals surface area contributed by atoms with Gasteiger partial charge in [-0.05, 0) is 49.6 Å². The van der Waals surface area contributed by atoms with Crippen LogP contribution in [0.4, 0.5) is 0 Å². The predicted molar refractivity (Wildman–Crippen MR) is 146 cm³/mol. The Morgan fingerprint density at radius 1 is 1.10 bits per heavy atom. The first kappa shape index (κ1) is 29.2. The largest absolute Gasteiger partial charge is 0.497 e. The van der Waals surface area contributed by atoms with Gasteiger partial charge in [-0.3, -0.25) is 0 Å². The highest BCUT2D eigenvalue weighted by atomic mass is 32.2. The number of ether oxygens (including phenoxy) is 3. The minimum Gasteiger partial charge on any atom is -0.497 e. The number of hydrogen-bond donors (Lipinski definition) is 0. The van der Waals surface area contributed by atoms with Gasteiger partial charge in [-0.25, -0.2) is 21.8 Å². The number of methoxy groups -OCH3 is 2. The third-order valence-electron chi connectivity index (χ3n) is 6.62. The van der Waals surface area contributed by atoms with Crippen molar-refractivity contribution in [3.8, 4) is 5.75 Å². The number of benzene rings is 2. The highest BCUT2D eigenvalue weighted by Gasteiger charge is 2.32. The van der Waals surface area contributed by atoms with Gasteiger partial charge in [0, 0.05) is 26.8 Å². The number of imidazole rings is 1. The third-order valence-corrected chi connectivity index (χ3v) is 10.0. The van der Waals surface area contributed by atoms with Crippen LogP contribution in [0.15, 0.2) is 64.8 Å². The summed E-state index contributed by atoms with van der Waals surface area (Å²) in [7, 11) is -4.75. The second kappa shape index (κ2) is 12.6. The van der Waals surface area contributed by atoms with Gasteiger partial charge in [0.25, 0.3) is 0 Å². The van der Waals surface area contributed by atoms with Crippen LogP contribution in [-0.4, -0.2) is 70.8 Å². The number of rotatable bonds is 13.